The topological polar surface area (TPSA) is 29.1 Å². The monoisotopic (exact) mass is 415 g/mol. The summed E-state index contributed by atoms with van der Waals surface area (Å²) in [6, 6.07) is 9.01. The summed E-state index contributed by atoms with van der Waals surface area (Å²) in [6.07, 6.45) is 1.75. The molecule has 0 unspecified atom stereocenters. The SMILES string of the molecule is CC(C)C(C)(C)CC(C)(C)C(=O)NC(C)(C)CC(C)(C)c1ccc(C(C)(C)C)cc1. The highest BCUT2D eigenvalue weighted by Crippen LogP contribution is 2.40. The highest BCUT2D eigenvalue weighted by molar-refractivity contribution is 5.82. The van der Waals surface area contributed by atoms with Crippen molar-refractivity contribution in [3.63, 3.8) is 0 Å². The number of nitrogens with one attached hydrogen (secondary N) is 1. The van der Waals surface area contributed by atoms with Gasteiger partial charge in [-0.1, -0.05) is 100 Å². The van der Waals surface area contributed by atoms with Crippen LogP contribution in [0.1, 0.15) is 114 Å². The molecule has 1 aromatic carbocycles. The van der Waals surface area contributed by atoms with Gasteiger partial charge in [-0.15, -0.1) is 0 Å². The minimum atomic E-state index is -0.399. The first-order chi connectivity index (χ1) is 13.2. The van der Waals surface area contributed by atoms with Gasteiger partial charge < -0.3 is 5.32 Å². The van der Waals surface area contributed by atoms with Crippen LogP contribution >= 0.6 is 0 Å². The molecule has 0 radical (unpaired) electrons. The fraction of sp³-hybridized carbons (Fsp3) is 0.750. The largest absolute Gasteiger partial charge is 0.351 e. The predicted octanol–water partition coefficient (Wildman–Crippen LogP) is 7.65. The molecule has 1 rings (SSSR count). The van der Waals surface area contributed by atoms with Crippen LogP contribution in [0.2, 0.25) is 0 Å². The maximum atomic E-state index is 13.2. The Bertz CT molecular complexity index is 712. The minimum absolute atomic E-state index is 0.0332. The van der Waals surface area contributed by atoms with Gasteiger partial charge in [-0.2, -0.15) is 0 Å². The van der Waals surface area contributed by atoms with Gasteiger partial charge in [0.2, 0.25) is 5.91 Å². The highest BCUT2D eigenvalue weighted by Gasteiger charge is 2.39. The van der Waals surface area contributed by atoms with Gasteiger partial charge in [-0.05, 0) is 60.0 Å². The highest BCUT2D eigenvalue weighted by atomic mass is 16.2. The lowest BCUT2D eigenvalue weighted by molar-refractivity contribution is -0.133. The van der Waals surface area contributed by atoms with Gasteiger partial charge in [0.1, 0.15) is 0 Å². The molecule has 2 nitrogen and oxygen atoms in total. The second kappa shape index (κ2) is 8.67. The lowest BCUT2D eigenvalue weighted by Gasteiger charge is -2.41. The summed E-state index contributed by atoms with van der Waals surface area (Å²) >= 11 is 0. The third-order valence-corrected chi connectivity index (χ3v) is 6.94. The van der Waals surface area contributed by atoms with Crippen molar-refractivity contribution in [1.82, 2.24) is 5.32 Å². The summed E-state index contributed by atoms with van der Waals surface area (Å²) in [5.41, 5.74) is 2.23. The molecule has 0 aliphatic carbocycles. The van der Waals surface area contributed by atoms with E-state index in [0.717, 1.165) is 12.8 Å². The smallest absolute Gasteiger partial charge is 0.226 e. The standard InChI is InChI=1S/C28H49NO/c1-20(2)25(6,7)18-27(10,11)23(30)29-28(12,13)19-26(8,9)22-16-14-21(15-17-22)24(3,4)5/h14-17,20H,18-19H2,1-13H3,(H,29,30). The fourth-order valence-corrected chi connectivity index (χ4v) is 4.57. The van der Waals surface area contributed by atoms with E-state index >= 15 is 0 Å². The van der Waals surface area contributed by atoms with Crippen LogP contribution in [0, 0.1) is 16.7 Å². The van der Waals surface area contributed by atoms with Crippen LogP contribution in [0.5, 0.6) is 0 Å². The van der Waals surface area contributed by atoms with Gasteiger partial charge >= 0.3 is 0 Å². The van der Waals surface area contributed by atoms with Gasteiger partial charge in [0.05, 0.1) is 0 Å². The van der Waals surface area contributed by atoms with Crippen molar-refractivity contribution in [3.8, 4) is 0 Å². The van der Waals surface area contributed by atoms with E-state index in [4.69, 9.17) is 0 Å². The summed E-state index contributed by atoms with van der Waals surface area (Å²) in [4.78, 5) is 13.2. The molecule has 172 valence electrons. The maximum Gasteiger partial charge on any atom is 0.226 e. The van der Waals surface area contributed by atoms with E-state index in [1.54, 1.807) is 0 Å². The van der Waals surface area contributed by atoms with E-state index in [0.29, 0.717) is 5.92 Å². The van der Waals surface area contributed by atoms with Crippen LogP contribution in [0.25, 0.3) is 0 Å². The van der Waals surface area contributed by atoms with E-state index in [2.05, 4.69) is 120 Å². The molecule has 1 aromatic rings. The lowest BCUT2D eigenvalue weighted by atomic mass is 9.68. The van der Waals surface area contributed by atoms with Crippen molar-refractivity contribution in [3.05, 3.63) is 35.4 Å². The third kappa shape index (κ3) is 7.13. The number of carbonyl (C=O) groups excluding carboxylic acids is 1. The van der Waals surface area contributed by atoms with Gasteiger partial charge in [0, 0.05) is 11.0 Å². The first kappa shape index (κ1) is 26.7. The van der Waals surface area contributed by atoms with Crippen LogP contribution in [0.4, 0.5) is 0 Å². The normalized spacial score (nSPS) is 14.2. The zero-order valence-electron chi connectivity index (χ0n) is 22.2. The van der Waals surface area contributed by atoms with E-state index in [1.807, 2.05) is 0 Å². The fourth-order valence-electron chi connectivity index (χ4n) is 4.57. The zero-order valence-corrected chi connectivity index (χ0v) is 22.2. The summed E-state index contributed by atoms with van der Waals surface area (Å²) in [5, 5.41) is 3.38. The van der Waals surface area contributed by atoms with E-state index in [1.165, 1.54) is 11.1 Å². The number of rotatable bonds is 8. The summed E-state index contributed by atoms with van der Waals surface area (Å²) < 4.78 is 0. The third-order valence-electron chi connectivity index (χ3n) is 6.94. The van der Waals surface area contributed by atoms with Crippen molar-refractivity contribution < 1.29 is 4.79 Å². The summed E-state index contributed by atoms with van der Waals surface area (Å²) in [6.45, 7) is 28.8. The van der Waals surface area contributed by atoms with Crippen molar-refractivity contribution in [2.24, 2.45) is 16.7 Å². The number of carbonyl (C=O) groups is 1. The molecule has 1 amide bonds. The summed E-state index contributed by atoms with van der Waals surface area (Å²) in [5.74, 6) is 0.688. The van der Waals surface area contributed by atoms with Crippen molar-refractivity contribution >= 4 is 5.91 Å². The average molecular weight is 416 g/mol. The Labute approximate surface area is 187 Å². The Morgan fingerprint density at radius 3 is 1.60 bits per heavy atom. The van der Waals surface area contributed by atoms with Crippen molar-refractivity contribution in [2.45, 2.75) is 119 Å². The quantitative estimate of drug-likeness (QED) is 0.464. The predicted molar refractivity (Wildman–Crippen MR) is 132 cm³/mol. The molecule has 0 saturated heterocycles. The second-order valence-electron chi connectivity index (χ2n) is 13.4. The molecule has 0 saturated carbocycles. The number of amides is 1. The lowest BCUT2D eigenvalue weighted by Crippen LogP contribution is -2.52. The molecule has 30 heavy (non-hydrogen) atoms. The molecular formula is C28H49NO. The number of hydrogen-bond donors (Lipinski definition) is 1. The van der Waals surface area contributed by atoms with Gasteiger partial charge in [0.15, 0.2) is 0 Å². The van der Waals surface area contributed by atoms with Crippen molar-refractivity contribution in [1.29, 1.82) is 0 Å². The van der Waals surface area contributed by atoms with E-state index < -0.39 is 5.41 Å². The first-order valence-electron chi connectivity index (χ1n) is 11.6. The van der Waals surface area contributed by atoms with Crippen LogP contribution in [0.3, 0.4) is 0 Å². The Hall–Kier alpha value is -1.31. The molecular weight excluding hydrogens is 366 g/mol. The van der Waals surface area contributed by atoms with Gasteiger partial charge in [-0.25, -0.2) is 0 Å². The molecule has 2 heteroatoms. The van der Waals surface area contributed by atoms with Crippen LogP contribution < -0.4 is 5.32 Å². The Kier molecular flexibility index (Phi) is 7.73. The maximum absolute atomic E-state index is 13.2. The molecule has 1 N–H and O–H groups in total. The Morgan fingerprint density at radius 1 is 0.767 bits per heavy atom. The molecule has 0 atom stereocenters. The molecule has 0 spiro atoms. The molecule has 0 aromatic heterocycles. The second-order valence-corrected chi connectivity index (χ2v) is 13.4. The number of hydrogen-bond acceptors (Lipinski definition) is 1. The molecule has 0 aliphatic rings. The number of benzene rings is 1. The van der Waals surface area contributed by atoms with Crippen LogP contribution in [-0.2, 0) is 15.6 Å². The zero-order chi connectivity index (χ0) is 23.8. The molecule has 0 fully saturated rings. The van der Waals surface area contributed by atoms with Gasteiger partial charge in [0.25, 0.3) is 0 Å². The first-order valence-corrected chi connectivity index (χ1v) is 11.6. The van der Waals surface area contributed by atoms with E-state index in [-0.39, 0.29) is 27.7 Å². The Balaban J connectivity index is 2.94. The van der Waals surface area contributed by atoms with Crippen molar-refractivity contribution in [2.75, 3.05) is 0 Å². The van der Waals surface area contributed by atoms with E-state index in [9.17, 15) is 4.79 Å². The van der Waals surface area contributed by atoms with Crippen LogP contribution in [-0.4, -0.2) is 11.4 Å². The molecule has 0 heterocycles. The average Bonchev–Trinajstić information content (AvgIpc) is 2.51. The summed E-state index contributed by atoms with van der Waals surface area (Å²) in [7, 11) is 0. The molecule has 0 aliphatic heterocycles. The Morgan fingerprint density at radius 2 is 1.20 bits per heavy atom. The molecule has 0 bridgehead atoms. The minimum Gasteiger partial charge on any atom is -0.351 e. The van der Waals surface area contributed by atoms with Crippen LogP contribution in [0.15, 0.2) is 24.3 Å². The van der Waals surface area contributed by atoms with Gasteiger partial charge in [-0.3, -0.25) is 4.79 Å².